The number of anilines is 1. The van der Waals surface area contributed by atoms with Gasteiger partial charge >= 0.3 is 0 Å². The van der Waals surface area contributed by atoms with Crippen LogP contribution in [-0.4, -0.2) is 24.6 Å². The Kier molecular flexibility index (Phi) is 7.25. The van der Waals surface area contributed by atoms with Crippen LogP contribution >= 0.6 is 23.4 Å². The predicted octanol–water partition coefficient (Wildman–Crippen LogP) is 5.79. The van der Waals surface area contributed by atoms with Crippen LogP contribution in [0.15, 0.2) is 70.4 Å². The number of dihydropyridines is 1. The molecule has 1 aliphatic carbocycles. The summed E-state index contributed by atoms with van der Waals surface area (Å²) in [5, 5.41) is 17.5. The molecule has 6 nitrogen and oxygen atoms in total. The van der Waals surface area contributed by atoms with Gasteiger partial charge in [0, 0.05) is 28.4 Å². The molecule has 2 aliphatic rings. The summed E-state index contributed by atoms with van der Waals surface area (Å²) >= 11 is 7.36. The number of carbonyl (C=O) groups is 2. The summed E-state index contributed by atoms with van der Waals surface area (Å²) in [6, 6.07) is 16.6. The molecule has 0 bridgehead atoms. The maximum Gasteiger partial charge on any atom is 0.234 e. The fourth-order valence-corrected chi connectivity index (χ4v) is 5.48. The molecule has 35 heavy (non-hydrogen) atoms. The summed E-state index contributed by atoms with van der Waals surface area (Å²) in [6.07, 6.45) is 1.10. The summed E-state index contributed by atoms with van der Waals surface area (Å²) in [4.78, 5) is 25.9. The molecule has 0 saturated heterocycles. The number of methoxy groups -OCH3 is 1. The van der Waals surface area contributed by atoms with Gasteiger partial charge in [-0.2, -0.15) is 5.26 Å². The second-order valence-corrected chi connectivity index (χ2v) is 10.8. The standard InChI is InChI=1S/C27H26ClN3O3S/c1-27(2)12-21-25(22(32)13-27)24(16-4-6-17(28)7-5-16)20(14-29)26(31-21)35-15-23(33)30-18-8-10-19(34-3)11-9-18/h4-11,24,31H,12-13,15H2,1-3H3,(H,30,33)/t24-/m1/s1. The quantitative estimate of drug-likeness (QED) is 0.514. The summed E-state index contributed by atoms with van der Waals surface area (Å²) < 4.78 is 5.15. The van der Waals surface area contributed by atoms with Crippen molar-refractivity contribution in [1.29, 1.82) is 5.26 Å². The average Bonchev–Trinajstić information content (AvgIpc) is 2.82. The summed E-state index contributed by atoms with van der Waals surface area (Å²) in [5.41, 5.74) is 3.18. The number of hydrogen-bond donors (Lipinski definition) is 2. The molecule has 0 radical (unpaired) electrons. The SMILES string of the molecule is COc1ccc(NC(=O)CSC2=C(C#N)[C@@H](c3ccc(Cl)cc3)C3=C(CC(C)(C)CC3=O)N2)cc1. The van der Waals surface area contributed by atoms with Gasteiger partial charge in [0.15, 0.2) is 5.78 Å². The minimum absolute atomic E-state index is 0.0396. The number of ether oxygens (including phenoxy) is 1. The van der Waals surface area contributed by atoms with E-state index in [1.807, 2.05) is 12.1 Å². The highest BCUT2D eigenvalue weighted by Gasteiger charge is 2.41. The third-order valence-electron chi connectivity index (χ3n) is 6.05. The van der Waals surface area contributed by atoms with Crippen molar-refractivity contribution in [3.05, 3.63) is 81.0 Å². The van der Waals surface area contributed by atoms with Gasteiger partial charge in [-0.1, -0.05) is 49.3 Å². The van der Waals surface area contributed by atoms with Crippen molar-refractivity contribution in [3.8, 4) is 11.8 Å². The Morgan fingerprint density at radius 3 is 2.51 bits per heavy atom. The zero-order valence-corrected chi connectivity index (χ0v) is 21.3. The number of halogens is 1. The van der Waals surface area contributed by atoms with Gasteiger partial charge < -0.3 is 15.4 Å². The van der Waals surface area contributed by atoms with Crippen LogP contribution in [0, 0.1) is 16.7 Å². The van der Waals surface area contributed by atoms with E-state index in [-0.39, 0.29) is 22.9 Å². The second kappa shape index (κ2) is 10.2. The fourth-order valence-electron chi connectivity index (χ4n) is 4.49. The lowest BCUT2D eigenvalue weighted by atomic mass is 9.69. The molecule has 0 spiro atoms. The smallest absolute Gasteiger partial charge is 0.234 e. The van der Waals surface area contributed by atoms with Gasteiger partial charge in [0.25, 0.3) is 0 Å². The van der Waals surface area contributed by atoms with Crippen molar-refractivity contribution in [2.75, 3.05) is 18.2 Å². The largest absolute Gasteiger partial charge is 0.497 e. The van der Waals surface area contributed by atoms with Crippen LogP contribution < -0.4 is 15.4 Å². The molecule has 0 saturated carbocycles. The van der Waals surface area contributed by atoms with Crippen molar-refractivity contribution >= 4 is 40.7 Å². The summed E-state index contributed by atoms with van der Waals surface area (Å²) in [5.74, 6) is 0.152. The lowest BCUT2D eigenvalue weighted by molar-refractivity contribution is -0.118. The van der Waals surface area contributed by atoms with E-state index < -0.39 is 5.92 Å². The Morgan fingerprint density at radius 2 is 1.89 bits per heavy atom. The van der Waals surface area contributed by atoms with E-state index in [1.54, 1.807) is 43.5 Å². The zero-order chi connectivity index (χ0) is 25.2. The summed E-state index contributed by atoms with van der Waals surface area (Å²) in [7, 11) is 1.58. The molecular formula is C27H26ClN3O3S. The number of rotatable bonds is 6. The molecule has 1 atom stereocenters. The van der Waals surface area contributed by atoms with Gasteiger partial charge in [0.05, 0.1) is 35.5 Å². The van der Waals surface area contributed by atoms with Gasteiger partial charge in [-0.15, -0.1) is 0 Å². The minimum atomic E-state index is -0.496. The molecule has 4 rings (SSSR count). The van der Waals surface area contributed by atoms with Crippen LogP contribution in [0.1, 0.15) is 38.2 Å². The highest BCUT2D eigenvalue weighted by Crippen LogP contribution is 2.47. The number of benzene rings is 2. The first kappa shape index (κ1) is 24.9. The second-order valence-electron chi connectivity index (χ2n) is 9.36. The van der Waals surface area contributed by atoms with Gasteiger partial charge in [-0.25, -0.2) is 0 Å². The molecule has 0 unspecified atom stereocenters. The molecule has 2 N–H and O–H groups in total. The number of thioether (sulfide) groups is 1. The molecule has 180 valence electrons. The number of nitrogens with zero attached hydrogens (tertiary/aromatic N) is 1. The van der Waals surface area contributed by atoms with Gasteiger partial charge in [0.2, 0.25) is 5.91 Å². The molecule has 1 aliphatic heterocycles. The number of allylic oxidation sites excluding steroid dienone is 3. The maximum atomic E-state index is 13.2. The van der Waals surface area contributed by atoms with Gasteiger partial charge in [-0.05, 0) is 53.8 Å². The van der Waals surface area contributed by atoms with E-state index in [0.29, 0.717) is 45.5 Å². The third kappa shape index (κ3) is 5.55. The minimum Gasteiger partial charge on any atom is -0.497 e. The van der Waals surface area contributed by atoms with E-state index in [0.717, 1.165) is 11.3 Å². The van der Waals surface area contributed by atoms with E-state index in [4.69, 9.17) is 16.3 Å². The number of carbonyl (C=O) groups excluding carboxylic acids is 2. The Hall–Kier alpha value is -3.21. The van der Waals surface area contributed by atoms with Crippen LogP contribution in [-0.2, 0) is 9.59 Å². The number of nitriles is 1. The first-order chi connectivity index (χ1) is 16.7. The zero-order valence-electron chi connectivity index (χ0n) is 19.8. The number of amides is 1. The van der Waals surface area contributed by atoms with Crippen molar-refractivity contribution in [2.24, 2.45) is 5.41 Å². The predicted molar refractivity (Wildman–Crippen MR) is 139 cm³/mol. The van der Waals surface area contributed by atoms with Crippen molar-refractivity contribution in [1.82, 2.24) is 5.32 Å². The van der Waals surface area contributed by atoms with Gasteiger partial charge in [0.1, 0.15) is 5.75 Å². The number of nitrogens with one attached hydrogen (secondary N) is 2. The Balaban J connectivity index is 1.61. The first-order valence-electron chi connectivity index (χ1n) is 11.2. The van der Waals surface area contributed by atoms with E-state index >= 15 is 0 Å². The number of Topliss-reactive ketones (excluding diaryl/α,β-unsaturated/α-hetero) is 1. The van der Waals surface area contributed by atoms with Crippen molar-refractivity contribution in [3.63, 3.8) is 0 Å². The molecule has 0 fully saturated rings. The van der Waals surface area contributed by atoms with E-state index in [9.17, 15) is 14.9 Å². The van der Waals surface area contributed by atoms with Crippen LogP contribution in [0.25, 0.3) is 0 Å². The third-order valence-corrected chi connectivity index (χ3v) is 7.32. The Morgan fingerprint density at radius 1 is 1.20 bits per heavy atom. The molecule has 2 aromatic rings. The molecular weight excluding hydrogens is 482 g/mol. The normalized spacial score (nSPS) is 18.9. The van der Waals surface area contributed by atoms with Crippen LogP contribution in [0.3, 0.4) is 0 Å². The number of ketones is 1. The lowest BCUT2D eigenvalue weighted by Gasteiger charge is -2.39. The van der Waals surface area contributed by atoms with Crippen molar-refractivity contribution in [2.45, 2.75) is 32.6 Å². The average molecular weight is 508 g/mol. The Bertz CT molecular complexity index is 1260. The molecule has 0 aromatic heterocycles. The van der Waals surface area contributed by atoms with Crippen molar-refractivity contribution < 1.29 is 14.3 Å². The highest BCUT2D eigenvalue weighted by atomic mass is 35.5. The van der Waals surface area contributed by atoms with E-state index in [1.165, 1.54) is 11.8 Å². The Labute approximate surface area is 214 Å². The topological polar surface area (TPSA) is 91.2 Å². The molecule has 8 heteroatoms. The maximum absolute atomic E-state index is 13.2. The highest BCUT2D eigenvalue weighted by molar-refractivity contribution is 8.03. The molecule has 2 aromatic carbocycles. The van der Waals surface area contributed by atoms with Crippen LogP contribution in [0.5, 0.6) is 5.75 Å². The number of hydrogen-bond acceptors (Lipinski definition) is 6. The van der Waals surface area contributed by atoms with Crippen LogP contribution in [0.4, 0.5) is 5.69 Å². The lowest BCUT2D eigenvalue weighted by Crippen LogP contribution is -2.37. The van der Waals surface area contributed by atoms with Gasteiger partial charge in [-0.3, -0.25) is 9.59 Å². The molecule has 1 amide bonds. The van der Waals surface area contributed by atoms with E-state index in [2.05, 4.69) is 30.6 Å². The monoisotopic (exact) mass is 507 g/mol. The molecule has 1 heterocycles. The fraction of sp³-hybridized carbons (Fsp3) is 0.296. The first-order valence-corrected chi connectivity index (χ1v) is 12.6. The summed E-state index contributed by atoms with van der Waals surface area (Å²) in [6.45, 7) is 4.12. The van der Waals surface area contributed by atoms with Crippen LogP contribution in [0.2, 0.25) is 5.02 Å².